The fourth-order valence-corrected chi connectivity index (χ4v) is 3.82. The van der Waals surface area contributed by atoms with Gasteiger partial charge in [0, 0.05) is 16.3 Å². The van der Waals surface area contributed by atoms with Gasteiger partial charge in [0.1, 0.15) is 17.3 Å². The van der Waals surface area contributed by atoms with Crippen LogP contribution in [0.3, 0.4) is 0 Å². The smallest absolute Gasteiger partial charge is 0.300 e. The molecule has 1 aliphatic rings. The van der Waals surface area contributed by atoms with Gasteiger partial charge in [-0.1, -0.05) is 23.7 Å². The van der Waals surface area contributed by atoms with Crippen molar-refractivity contribution in [2.75, 3.05) is 11.5 Å². The van der Waals surface area contributed by atoms with Gasteiger partial charge in [-0.2, -0.15) is 0 Å². The van der Waals surface area contributed by atoms with Crippen molar-refractivity contribution >= 4 is 34.7 Å². The van der Waals surface area contributed by atoms with E-state index in [2.05, 4.69) is 0 Å². The molecular weight excluding hydrogens is 433 g/mol. The van der Waals surface area contributed by atoms with Crippen LogP contribution in [0.2, 0.25) is 5.02 Å². The average molecular weight is 452 g/mol. The van der Waals surface area contributed by atoms with E-state index in [0.29, 0.717) is 34.2 Å². The molecule has 1 fully saturated rings. The minimum absolute atomic E-state index is 0.0641. The van der Waals surface area contributed by atoms with Gasteiger partial charge in [-0.3, -0.25) is 14.5 Å². The first kappa shape index (κ1) is 21.6. The van der Waals surface area contributed by atoms with E-state index >= 15 is 0 Å². The van der Waals surface area contributed by atoms with E-state index in [0.717, 1.165) is 0 Å². The van der Waals surface area contributed by atoms with Crippen molar-refractivity contribution in [1.29, 1.82) is 0 Å². The Morgan fingerprint density at radius 1 is 1.00 bits per heavy atom. The summed E-state index contributed by atoms with van der Waals surface area (Å²) in [5.41, 5.74) is 1.21. The minimum Gasteiger partial charge on any atom is -0.507 e. The first-order chi connectivity index (χ1) is 15.4. The van der Waals surface area contributed by atoms with Crippen molar-refractivity contribution in [2.45, 2.75) is 13.0 Å². The van der Waals surface area contributed by atoms with Crippen LogP contribution < -0.4 is 9.64 Å². The van der Waals surface area contributed by atoms with Crippen LogP contribution in [0.4, 0.5) is 10.1 Å². The summed E-state index contributed by atoms with van der Waals surface area (Å²) in [4.78, 5) is 27.3. The zero-order valence-electron chi connectivity index (χ0n) is 17.1. The van der Waals surface area contributed by atoms with E-state index in [1.165, 1.54) is 29.2 Å². The molecule has 0 aliphatic carbocycles. The predicted molar refractivity (Wildman–Crippen MR) is 120 cm³/mol. The van der Waals surface area contributed by atoms with Gasteiger partial charge in [0.15, 0.2) is 0 Å². The van der Waals surface area contributed by atoms with E-state index in [1.54, 1.807) is 48.5 Å². The molecule has 1 unspecified atom stereocenters. The molecule has 3 aromatic carbocycles. The molecule has 1 heterocycles. The molecule has 7 heteroatoms. The third-order valence-electron chi connectivity index (χ3n) is 5.17. The number of aliphatic hydroxyl groups excluding tert-OH is 1. The fourth-order valence-electron chi connectivity index (χ4n) is 3.69. The van der Waals surface area contributed by atoms with Gasteiger partial charge >= 0.3 is 0 Å². The van der Waals surface area contributed by atoms with Crippen LogP contribution >= 0.6 is 11.6 Å². The van der Waals surface area contributed by atoms with Crippen LogP contribution in [0.5, 0.6) is 5.75 Å². The zero-order valence-corrected chi connectivity index (χ0v) is 17.8. The number of carbonyl (C=O) groups excluding carboxylic acids is 2. The Morgan fingerprint density at radius 3 is 2.22 bits per heavy atom. The van der Waals surface area contributed by atoms with Gasteiger partial charge in [0.25, 0.3) is 11.7 Å². The molecule has 32 heavy (non-hydrogen) atoms. The summed E-state index contributed by atoms with van der Waals surface area (Å²) in [6.07, 6.45) is 0. The van der Waals surface area contributed by atoms with Crippen molar-refractivity contribution in [3.05, 3.63) is 100 Å². The van der Waals surface area contributed by atoms with Crippen LogP contribution in [-0.4, -0.2) is 23.4 Å². The van der Waals surface area contributed by atoms with Gasteiger partial charge in [-0.25, -0.2) is 4.39 Å². The number of nitrogens with zero attached hydrogens (tertiary/aromatic N) is 1. The molecule has 1 atom stereocenters. The number of rotatable bonds is 5. The van der Waals surface area contributed by atoms with Crippen molar-refractivity contribution in [3.63, 3.8) is 0 Å². The van der Waals surface area contributed by atoms with E-state index in [4.69, 9.17) is 16.3 Å². The van der Waals surface area contributed by atoms with Crippen molar-refractivity contribution in [2.24, 2.45) is 0 Å². The standard InChI is InChI=1S/C25H19ClFNO4/c1-2-32-20-13-5-16(6-14-20)23(29)21-22(15-3-7-17(26)8-4-15)28(25(31)24(21)30)19-11-9-18(27)10-12-19/h3-14,22,29H,2H2,1H3/b23-21+. The summed E-state index contributed by atoms with van der Waals surface area (Å²) in [5.74, 6) is -1.81. The third-order valence-corrected chi connectivity index (χ3v) is 5.43. The summed E-state index contributed by atoms with van der Waals surface area (Å²) >= 11 is 6.02. The summed E-state index contributed by atoms with van der Waals surface area (Å²) in [6, 6.07) is 17.6. The number of hydrogen-bond acceptors (Lipinski definition) is 4. The molecule has 1 aliphatic heterocycles. The van der Waals surface area contributed by atoms with E-state index in [-0.39, 0.29) is 11.3 Å². The number of anilines is 1. The summed E-state index contributed by atoms with van der Waals surface area (Å²) in [7, 11) is 0. The third kappa shape index (κ3) is 3.97. The number of amides is 1. The maximum absolute atomic E-state index is 13.5. The van der Waals surface area contributed by atoms with Gasteiger partial charge in [0.05, 0.1) is 18.2 Å². The number of benzene rings is 3. The molecule has 4 rings (SSSR count). The maximum Gasteiger partial charge on any atom is 0.300 e. The molecular formula is C25H19ClFNO4. The molecule has 1 saturated heterocycles. The maximum atomic E-state index is 13.5. The number of hydrogen-bond donors (Lipinski definition) is 1. The lowest BCUT2D eigenvalue weighted by Gasteiger charge is -2.25. The summed E-state index contributed by atoms with van der Waals surface area (Å²) in [5, 5.41) is 11.6. The van der Waals surface area contributed by atoms with Crippen LogP contribution in [0.25, 0.3) is 5.76 Å². The Morgan fingerprint density at radius 2 is 1.62 bits per heavy atom. The van der Waals surface area contributed by atoms with E-state index in [9.17, 15) is 19.1 Å². The van der Waals surface area contributed by atoms with Gasteiger partial charge < -0.3 is 9.84 Å². The topological polar surface area (TPSA) is 66.8 Å². The second-order valence-electron chi connectivity index (χ2n) is 7.15. The van der Waals surface area contributed by atoms with Crippen LogP contribution in [0.15, 0.2) is 78.4 Å². The van der Waals surface area contributed by atoms with Crippen LogP contribution in [0, 0.1) is 5.82 Å². The highest BCUT2D eigenvalue weighted by Crippen LogP contribution is 2.42. The predicted octanol–water partition coefficient (Wildman–Crippen LogP) is 5.50. The Bertz CT molecular complexity index is 1190. The molecule has 1 amide bonds. The SMILES string of the molecule is CCOc1ccc(/C(O)=C2\C(=O)C(=O)N(c3ccc(F)cc3)C2c2ccc(Cl)cc2)cc1. The van der Waals surface area contributed by atoms with Gasteiger partial charge in [-0.05, 0) is 73.2 Å². The van der Waals surface area contributed by atoms with Crippen molar-refractivity contribution < 1.29 is 23.8 Å². The number of aliphatic hydroxyl groups is 1. The first-order valence-electron chi connectivity index (χ1n) is 9.96. The molecule has 0 spiro atoms. The molecule has 0 bridgehead atoms. The van der Waals surface area contributed by atoms with Gasteiger partial charge in [-0.15, -0.1) is 0 Å². The van der Waals surface area contributed by atoms with Crippen LogP contribution in [-0.2, 0) is 9.59 Å². The van der Waals surface area contributed by atoms with Gasteiger partial charge in [0.2, 0.25) is 0 Å². The largest absolute Gasteiger partial charge is 0.507 e. The highest BCUT2D eigenvalue weighted by molar-refractivity contribution is 6.51. The fraction of sp³-hybridized carbons (Fsp3) is 0.120. The Labute approximate surface area is 189 Å². The molecule has 0 radical (unpaired) electrons. The Balaban J connectivity index is 1.88. The Kier molecular flexibility index (Phi) is 5.97. The summed E-state index contributed by atoms with van der Waals surface area (Å²) in [6.45, 7) is 2.35. The number of carbonyl (C=O) groups is 2. The van der Waals surface area contributed by atoms with Crippen molar-refractivity contribution in [3.8, 4) is 5.75 Å². The monoisotopic (exact) mass is 451 g/mol. The highest BCUT2D eigenvalue weighted by atomic mass is 35.5. The zero-order chi connectivity index (χ0) is 22.8. The van der Waals surface area contributed by atoms with Crippen molar-refractivity contribution in [1.82, 2.24) is 0 Å². The molecule has 0 aromatic heterocycles. The second kappa shape index (κ2) is 8.85. The quantitative estimate of drug-likeness (QED) is 0.316. The molecule has 3 aromatic rings. The number of ketones is 1. The number of halogens is 2. The Hall–Kier alpha value is -3.64. The van der Waals surface area contributed by atoms with E-state index < -0.39 is 23.5 Å². The molecule has 162 valence electrons. The number of Topliss-reactive ketones (excluding diaryl/α,β-unsaturated/α-hetero) is 1. The first-order valence-corrected chi connectivity index (χ1v) is 10.3. The minimum atomic E-state index is -0.913. The van der Waals surface area contributed by atoms with E-state index in [1.807, 2.05) is 6.92 Å². The number of ether oxygens (including phenoxy) is 1. The molecule has 0 saturated carbocycles. The lowest BCUT2D eigenvalue weighted by Crippen LogP contribution is -2.29. The second-order valence-corrected chi connectivity index (χ2v) is 7.59. The lowest BCUT2D eigenvalue weighted by molar-refractivity contribution is -0.132. The lowest BCUT2D eigenvalue weighted by atomic mass is 9.95. The average Bonchev–Trinajstić information content (AvgIpc) is 3.06. The highest BCUT2D eigenvalue weighted by Gasteiger charge is 2.46. The molecule has 1 N–H and O–H groups in total. The molecule has 5 nitrogen and oxygen atoms in total. The summed E-state index contributed by atoms with van der Waals surface area (Å²) < 4.78 is 18.9. The normalized spacial score (nSPS) is 17.6. The van der Waals surface area contributed by atoms with Crippen LogP contribution in [0.1, 0.15) is 24.1 Å².